The number of benzene rings is 1. The van der Waals surface area contributed by atoms with Crippen LogP contribution >= 0.6 is 0 Å². The van der Waals surface area contributed by atoms with E-state index in [0.717, 1.165) is 50.5 Å². The number of hydrogen-bond donors (Lipinski definition) is 1. The van der Waals surface area contributed by atoms with Crippen molar-refractivity contribution in [3.05, 3.63) is 23.8 Å². The Morgan fingerprint density at radius 2 is 1.89 bits per heavy atom. The second-order valence-corrected chi connectivity index (χ2v) is 4.78. The standard InChI is InChI=1S/C15H23NO3/c1-17-14-4-3-12(11-15(14)18-2)5-8-16-13-6-9-19-10-7-13/h3-4,11,13,16H,5-10H2,1-2H3. The predicted molar refractivity (Wildman–Crippen MR) is 75.1 cm³/mol. The number of hydrogen-bond acceptors (Lipinski definition) is 4. The normalized spacial score (nSPS) is 16.3. The number of nitrogens with one attached hydrogen (secondary N) is 1. The van der Waals surface area contributed by atoms with Gasteiger partial charge in [-0.05, 0) is 43.5 Å². The highest BCUT2D eigenvalue weighted by atomic mass is 16.5. The fourth-order valence-electron chi connectivity index (χ4n) is 2.36. The van der Waals surface area contributed by atoms with Crippen LogP contribution in [-0.4, -0.2) is 40.0 Å². The Balaban J connectivity index is 1.81. The molecule has 4 nitrogen and oxygen atoms in total. The molecule has 0 atom stereocenters. The Bertz CT molecular complexity index is 389. The second-order valence-electron chi connectivity index (χ2n) is 4.78. The van der Waals surface area contributed by atoms with E-state index in [9.17, 15) is 0 Å². The van der Waals surface area contributed by atoms with Crippen LogP contribution in [0.5, 0.6) is 11.5 Å². The summed E-state index contributed by atoms with van der Waals surface area (Å²) in [5.74, 6) is 1.58. The average Bonchev–Trinajstić information content (AvgIpc) is 2.48. The third kappa shape index (κ3) is 4.11. The lowest BCUT2D eigenvalue weighted by molar-refractivity contribution is 0.0782. The van der Waals surface area contributed by atoms with Gasteiger partial charge in [0, 0.05) is 19.3 Å². The van der Waals surface area contributed by atoms with E-state index < -0.39 is 0 Å². The topological polar surface area (TPSA) is 39.7 Å². The zero-order valence-corrected chi connectivity index (χ0v) is 11.8. The minimum Gasteiger partial charge on any atom is -0.493 e. The van der Waals surface area contributed by atoms with Crippen molar-refractivity contribution in [2.45, 2.75) is 25.3 Å². The molecular weight excluding hydrogens is 242 g/mol. The van der Waals surface area contributed by atoms with Crippen molar-refractivity contribution in [1.82, 2.24) is 5.32 Å². The van der Waals surface area contributed by atoms with Crippen LogP contribution in [0.15, 0.2) is 18.2 Å². The van der Waals surface area contributed by atoms with Crippen molar-refractivity contribution in [3.8, 4) is 11.5 Å². The summed E-state index contributed by atoms with van der Waals surface area (Å²) in [7, 11) is 3.33. The highest BCUT2D eigenvalue weighted by Crippen LogP contribution is 2.27. The number of ether oxygens (including phenoxy) is 3. The molecule has 0 unspecified atom stereocenters. The van der Waals surface area contributed by atoms with Crippen molar-refractivity contribution < 1.29 is 14.2 Å². The summed E-state index contributed by atoms with van der Waals surface area (Å²) >= 11 is 0. The zero-order valence-electron chi connectivity index (χ0n) is 11.8. The molecule has 0 saturated carbocycles. The van der Waals surface area contributed by atoms with Gasteiger partial charge < -0.3 is 19.5 Å². The van der Waals surface area contributed by atoms with Gasteiger partial charge in [0.2, 0.25) is 0 Å². The van der Waals surface area contributed by atoms with Gasteiger partial charge in [-0.3, -0.25) is 0 Å². The molecule has 2 rings (SSSR count). The molecule has 0 spiro atoms. The first kappa shape index (κ1) is 14.2. The van der Waals surface area contributed by atoms with Gasteiger partial charge in [-0.1, -0.05) is 6.07 Å². The molecule has 0 amide bonds. The van der Waals surface area contributed by atoms with Gasteiger partial charge in [-0.2, -0.15) is 0 Å². The molecule has 0 bridgehead atoms. The van der Waals surface area contributed by atoms with Gasteiger partial charge in [0.05, 0.1) is 14.2 Å². The highest BCUT2D eigenvalue weighted by molar-refractivity contribution is 5.42. The molecule has 1 fully saturated rings. The fourth-order valence-corrected chi connectivity index (χ4v) is 2.36. The van der Waals surface area contributed by atoms with E-state index in [1.165, 1.54) is 5.56 Å². The number of rotatable bonds is 6. The van der Waals surface area contributed by atoms with Gasteiger partial charge in [-0.25, -0.2) is 0 Å². The third-order valence-electron chi connectivity index (χ3n) is 3.52. The summed E-state index contributed by atoms with van der Waals surface area (Å²) < 4.78 is 15.9. The van der Waals surface area contributed by atoms with E-state index in [1.54, 1.807) is 14.2 Å². The summed E-state index contributed by atoms with van der Waals surface area (Å²) in [5.41, 5.74) is 1.26. The lowest BCUT2D eigenvalue weighted by atomic mass is 10.1. The maximum absolute atomic E-state index is 5.35. The zero-order chi connectivity index (χ0) is 13.5. The Morgan fingerprint density at radius 1 is 1.16 bits per heavy atom. The maximum atomic E-state index is 5.35. The molecule has 0 aliphatic carbocycles. The Labute approximate surface area is 115 Å². The molecule has 1 saturated heterocycles. The summed E-state index contributed by atoms with van der Waals surface area (Å²) in [4.78, 5) is 0. The lowest BCUT2D eigenvalue weighted by Gasteiger charge is -2.23. The second kappa shape index (κ2) is 7.36. The Hall–Kier alpha value is -1.26. The minimum atomic E-state index is 0.605. The van der Waals surface area contributed by atoms with Crippen molar-refractivity contribution in [2.24, 2.45) is 0 Å². The van der Waals surface area contributed by atoms with Gasteiger partial charge in [0.25, 0.3) is 0 Å². The van der Waals surface area contributed by atoms with Gasteiger partial charge >= 0.3 is 0 Å². The summed E-state index contributed by atoms with van der Waals surface area (Å²) in [6.07, 6.45) is 3.23. The van der Waals surface area contributed by atoms with E-state index >= 15 is 0 Å². The van der Waals surface area contributed by atoms with Gasteiger partial charge in [-0.15, -0.1) is 0 Å². The molecule has 1 aromatic carbocycles. The average molecular weight is 265 g/mol. The molecule has 0 radical (unpaired) electrons. The van der Waals surface area contributed by atoms with Crippen LogP contribution in [0.25, 0.3) is 0 Å². The smallest absolute Gasteiger partial charge is 0.160 e. The van der Waals surface area contributed by atoms with E-state index in [4.69, 9.17) is 14.2 Å². The third-order valence-corrected chi connectivity index (χ3v) is 3.52. The van der Waals surface area contributed by atoms with Crippen LogP contribution in [0.3, 0.4) is 0 Å². The summed E-state index contributed by atoms with van der Waals surface area (Å²) in [5, 5.41) is 3.58. The van der Waals surface area contributed by atoms with Crippen LogP contribution in [0.4, 0.5) is 0 Å². The maximum Gasteiger partial charge on any atom is 0.160 e. The molecule has 1 heterocycles. The number of methoxy groups -OCH3 is 2. The summed E-state index contributed by atoms with van der Waals surface area (Å²) in [6.45, 7) is 2.75. The SMILES string of the molecule is COc1ccc(CCNC2CCOCC2)cc1OC. The molecule has 106 valence electrons. The van der Waals surface area contributed by atoms with Crippen LogP contribution in [-0.2, 0) is 11.2 Å². The minimum absolute atomic E-state index is 0.605. The van der Waals surface area contributed by atoms with Crippen LogP contribution in [0.2, 0.25) is 0 Å². The van der Waals surface area contributed by atoms with Gasteiger partial charge in [0.1, 0.15) is 0 Å². The Kier molecular flexibility index (Phi) is 5.48. The van der Waals surface area contributed by atoms with Crippen LogP contribution in [0.1, 0.15) is 18.4 Å². The predicted octanol–water partition coefficient (Wildman–Crippen LogP) is 2.01. The van der Waals surface area contributed by atoms with Crippen molar-refractivity contribution in [3.63, 3.8) is 0 Å². The first-order chi connectivity index (χ1) is 9.33. The van der Waals surface area contributed by atoms with Crippen LogP contribution in [0, 0.1) is 0 Å². The molecular formula is C15H23NO3. The highest BCUT2D eigenvalue weighted by Gasteiger charge is 2.12. The van der Waals surface area contributed by atoms with E-state index in [-0.39, 0.29) is 0 Å². The lowest BCUT2D eigenvalue weighted by Crippen LogP contribution is -2.35. The molecule has 4 heteroatoms. The van der Waals surface area contributed by atoms with Crippen molar-refractivity contribution >= 4 is 0 Å². The molecule has 19 heavy (non-hydrogen) atoms. The van der Waals surface area contributed by atoms with E-state index in [1.807, 2.05) is 12.1 Å². The first-order valence-electron chi connectivity index (χ1n) is 6.85. The summed E-state index contributed by atoms with van der Waals surface area (Å²) in [6, 6.07) is 6.70. The van der Waals surface area contributed by atoms with Gasteiger partial charge in [0.15, 0.2) is 11.5 Å². The molecule has 1 aliphatic heterocycles. The Morgan fingerprint density at radius 3 is 2.58 bits per heavy atom. The largest absolute Gasteiger partial charge is 0.493 e. The first-order valence-corrected chi connectivity index (χ1v) is 6.85. The fraction of sp³-hybridized carbons (Fsp3) is 0.600. The van der Waals surface area contributed by atoms with Crippen LogP contribution < -0.4 is 14.8 Å². The monoisotopic (exact) mass is 265 g/mol. The molecule has 1 aromatic rings. The molecule has 1 N–H and O–H groups in total. The van der Waals surface area contributed by atoms with Crippen molar-refractivity contribution in [1.29, 1.82) is 0 Å². The van der Waals surface area contributed by atoms with E-state index in [0.29, 0.717) is 6.04 Å². The van der Waals surface area contributed by atoms with E-state index in [2.05, 4.69) is 11.4 Å². The molecule has 1 aliphatic rings. The van der Waals surface area contributed by atoms with Crippen molar-refractivity contribution in [2.75, 3.05) is 34.0 Å². The quantitative estimate of drug-likeness (QED) is 0.854. The molecule has 0 aromatic heterocycles.